The second-order valence-corrected chi connectivity index (χ2v) is 5.35. The third kappa shape index (κ3) is 2.69. The standard InChI is InChI=1S/C13H23N3O/c1-10-12(11(2)16(3)15-10)8-14-9-13(4-5-13)6-7-17/h14,17H,4-9H2,1-3H3. The number of aliphatic hydroxyl groups excluding tert-OH is 1. The second kappa shape index (κ2) is 4.78. The van der Waals surface area contributed by atoms with Gasteiger partial charge in [-0.05, 0) is 38.5 Å². The van der Waals surface area contributed by atoms with Crippen molar-refractivity contribution in [1.29, 1.82) is 0 Å². The van der Waals surface area contributed by atoms with Gasteiger partial charge in [-0.3, -0.25) is 4.68 Å². The molecule has 0 spiro atoms. The van der Waals surface area contributed by atoms with E-state index in [1.165, 1.54) is 24.1 Å². The molecule has 0 aromatic carbocycles. The monoisotopic (exact) mass is 237 g/mol. The van der Waals surface area contributed by atoms with Gasteiger partial charge in [-0.1, -0.05) is 0 Å². The van der Waals surface area contributed by atoms with Crippen LogP contribution < -0.4 is 5.32 Å². The molecule has 1 fully saturated rings. The van der Waals surface area contributed by atoms with Gasteiger partial charge in [0.05, 0.1) is 5.69 Å². The van der Waals surface area contributed by atoms with E-state index in [-0.39, 0.29) is 0 Å². The number of nitrogens with one attached hydrogen (secondary N) is 1. The molecule has 1 heterocycles. The van der Waals surface area contributed by atoms with E-state index in [4.69, 9.17) is 5.11 Å². The van der Waals surface area contributed by atoms with Gasteiger partial charge in [-0.25, -0.2) is 0 Å². The lowest BCUT2D eigenvalue weighted by molar-refractivity contribution is 0.245. The van der Waals surface area contributed by atoms with Gasteiger partial charge in [0.15, 0.2) is 0 Å². The number of hydrogen-bond acceptors (Lipinski definition) is 3. The van der Waals surface area contributed by atoms with Crippen molar-refractivity contribution in [3.05, 3.63) is 17.0 Å². The molecule has 0 radical (unpaired) electrons. The van der Waals surface area contributed by atoms with Gasteiger partial charge in [-0.2, -0.15) is 5.10 Å². The maximum Gasteiger partial charge on any atom is 0.0641 e. The maximum absolute atomic E-state index is 9.01. The number of nitrogens with zero attached hydrogens (tertiary/aromatic N) is 2. The Bertz CT molecular complexity index is 394. The molecule has 4 nitrogen and oxygen atoms in total. The first-order chi connectivity index (χ1) is 8.08. The number of aromatic nitrogens is 2. The van der Waals surface area contributed by atoms with Crippen molar-refractivity contribution in [1.82, 2.24) is 15.1 Å². The van der Waals surface area contributed by atoms with Crippen molar-refractivity contribution in [2.24, 2.45) is 12.5 Å². The second-order valence-electron chi connectivity index (χ2n) is 5.35. The Labute approximate surface area is 103 Å². The Kier molecular flexibility index (Phi) is 3.54. The van der Waals surface area contributed by atoms with Crippen LogP contribution in [-0.2, 0) is 13.6 Å². The van der Waals surface area contributed by atoms with E-state index < -0.39 is 0 Å². The fraction of sp³-hybridized carbons (Fsp3) is 0.769. The van der Waals surface area contributed by atoms with Crippen molar-refractivity contribution in [3.63, 3.8) is 0 Å². The Balaban J connectivity index is 1.86. The number of hydrogen-bond donors (Lipinski definition) is 2. The van der Waals surface area contributed by atoms with Gasteiger partial charge < -0.3 is 10.4 Å². The zero-order valence-corrected chi connectivity index (χ0v) is 11.1. The topological polar surface area (TPSA) is 50.1 Å². The van der Waals surface area contributed by atoms with Gasteiger partial charge in [0.25, 0.3) is 0 Å². The first-order valence-electron chi connectivity index (χ1n) is 6.39. The highest BCUT2D eigenvalue weighted by Gasteiger charge is 2.41. The van der Waals surface area contributed by atoms with Crippen LogP contribution in [0.1, 0.15) is 36.2 Å². The molecule has 2 rings (SSSR count). The molecule has 0 unspecified atom stereocenters. The molecule has 96 valence electrons. The summed E-state index contributed by atoms with van der Waals surface area (Å²) in [6.45, 7) is 6.38. The summed E-state index contributed by atoms with van der Waals surface area (Å²) in [5, 5.41) is 16.9. The van der Waals surface area contributed by atoms with Crippen LogP contribution in [-0.4, -0.2) is 28.0 Å². The summed E-state index contributed by atoms with van der Waals surface area (Å²) < 4.78 is 1.94. The number of aliphatic hydroxyl groups is 1. The fourth-order valence-electron chi connectivity index (χ4n) is 2.46. The third-order valence-corrected chi connectivity index (χ3v) is 4.06. The van der Waals surface area contributed by atoms with Crippen molar-refractivity contribution in [3.8, 4) is 0 Å². The highest BCUT2D eigenvalue weighted by Crippen LogP contribution is 2.47. The zero-order chi connectivity index (χ0) is 12.5. The molecule has 0 saturated heterocycles. The highest BCUT2D eigenvalue weighted by atomic mass is 16.3. The summed E-state index contributed by atoms with van der Waals surface area (Å²) in [5.41, 5.74) is 4.05. The van der Waals surface area contributed by atoms with Crippen LogP contribution in [0.2, 0.25) is 0 Å². The molecule has 17 heavy (non-hydrogen) atoms. The quantitative estimate of drug-likeness (QED) is 0.784. The van der Waals surface area contributed by atoms with E-state index in [1.54, 1.807) is 0 Å². The summed E-state index contributed by atoms with van der Waals surface area (Å²) in [6.07, 6.45) is 3.45. The molecule has 4 heteroatoms. The average Bonchev–Trinajstić information content (AvgIpc) is 2.99. The number of aryl methyl sites for hydroxylation is 2. The molecular formula is C13H23N3O. The van der Waals surface area contributed by atoms with Crippen LogP contribution in [0.25, 0.3) is 0 Å². The first-order valence-corrected chi connectivity index (χ1v) is 6.39. The molecule has 1 aliphatic rings. The molecule has 1 saturated carbocycles. The lowest BCUT2D eigenvalue weighted by Gasteiger charge is -2.14. The predicted molar refractivity (Wildman–Crippen MR) is 67.8 cm³/mol. The van der Waals surface area contributed by atoms with Crippen LogP contribution in [0.5, 0.6) is 0 Å². The van der Waals surface area contributed by atoms with Crippen LogP contribution in [0.15, 0.2) is 0 Å². The fourth-order valence-corrected chi connectivity index (χ4v) is 2.46. The summed E-state index contributed by atoms with van der Waals surface area (Å²) >= 11 is 0. The van der Waals surface area contributed by atoms with Gasteiger partial charge in [0, 0.05) is 38.0 Å². The van der Waals surface area contributed by atoms with Crippen molar-refractivity contribution >= 4 is 0 Å². The van der Waals surface area contributed by atoms with E-state index in [1.807, 2.05) is 11.7 Å². The lowest BCUT2D eigenvalue weighted by atomic mass is 10.0. The molecule has 0 amide bonds. The molecule has 0 aliphatic heterocycles. The molecule has 0 bridgehead atoms. The Morgan fingerprint density at radius 1 is 1.41 bits per heavy atom. The van der Waals surface area contributed by atoms with Crippen LogP contribution in [0.3, 0.4) is 0 Å². The van der Waals surface area contributed by atoms with E-state index in [0.717, 1.165) is 25.2 Å². The number of rotatable bonds is 6. The largest absolute Gasteiger partial charge is 0.396 e. The van der Waals surface area contributed by atoms with Crippen molar-refractivity contribution in [2.75, 3.05) is 13.2 Å². The van der Waals surface area contributed by atoms with Gasteiger partial charge >= 0.3 is 0 Å². The molecule has 1 aromatic heterocycles. The Morgan fingerprint density at radius 2 is 2.12 bits per heavy atom. The predicted octanol–water partition coefficient (Wildman–Crippen LogP) is 1.29. The van der Waals surface area contributed by atoms with Crippen molar-refractivity contribution < 1.29 is 5.11 Å². The zero-order valence-electron chi connectivity index (χ0n) is 11.1. The molecule has 1 aliphatic carbocycles. The van der Waals surface area contributed by atoms with Gasteiger partial charge in [-0.15, -0.1) is 0 Å². The Morgan fingerprint density at radius 3 is 2.59 bits per heavy atom. The lowest BCUT2D eigenvalue weighted by Crippen LogP contribution is -2.24. The van der Waals surface area contributed by atoms with E-state index in [9.17, 15) is 0 Å². The minimum atomic E-state index is 0.312. The Hall–Kier alpha value is -0.870. The smallest absolute Gasteiger partial charge is 0.0641 e. The summed E-state index contributed by atoms with van der Waals surface area (Å²) in [6, 6.07) is 0. The van der Waals surface area contributed by atoms with Crippen LogP contribution in [0, 0.1) is 19.3 Å². The maximum atomic E-state index is 9.01. The van der Waals surface area contributed by atoms with E-state index in [2.05, 4.69) is 24.3 Å². The first kappa shape index (κ1) is 12.6. The van der Waals surface area contributed by atoms with E-state index in [0.29, 0.717) is 12.0 Å². The molecular weight excluding hydrogens is 214 g/mol. The normalized spacial score (nSPS) is 17.4. The molecule has 0 atom stereocenters. The van der Waals surface area contributed by atoms with Gasteiger partial charge in [0.2, 0.25) is 0 Å². The minimum absolute atomic E-state index is 0.312. The summed E-state index contributed by atoms with van der Waals surface area (Å²) in [4.78, 5) is 0. The summed E-state index contributed by atoms with van der Waals surface area (Å²) in [7, 11) is 1.99. The van der Waals surface area contributed by atoms with Crippen LogP contribution in [0.4, 0.5) is 0 Å². The molecule has 2 N–H and O–H groups in total. The van der Waals surface area contributed by atoms with Gasteiger partial charge in [0.1, 0.15) is 0 Å². The van der Waals surface area contributed by atoms with E-state index >= 15 is 0 Å². The highest BCUT2D eigenvalue weighted by molar-refractivity contribution is 5.24. The SMILES string of the molecule is Cc1nn(C)c(C)c1CNCC1(CCO)CC1. The summed E-state index contributed by atoms with van der Waals surface area (Å²) in [5.74, 6) is 0. The minimum Gasteiger partial charge on any atom is -0.396 e. The third-order valence-electron chi connectivity index (χ3n) is 4.06. The van der Waals surface area contributed by atoms with Crippen LogP contribution >= 0.6 is 0 Å². The average molecular weight is 237 g/mol. The van der Waals surface area contributed by atoms with Crippen molar-refractivity contribution in [2.45, 2.75) is 39.7 Å². The molecule has 1 aromatic rings.